The van der Waals surface area contributed by atoms with Crippen LogP contribution < -0.4 is 4.72 Å². The molecule has 1 atom stereocenters. The van der Waals surface area contributed by atoms with E-state index in [0.717, 1.165) is 0 Å². The van der Waals surface area contributed by atoms with Crippen LogP contribution in [0.25, 0.3) is 0 Å². The van der Waals surface area contributed by atoms with Gasteiger partial charge in [0.25, 0.3) is 0 Å². The summed E-state index contributed by atoms with van der Waals surface area (Å²) in [5.41, 5.74) is 0.936. The lowest BCUT2D eigenvalue weighted by molar-refractivity contribution is -0.139. The van der Waals surface area contributed by atoms with E-state index in [1.54, 1.807) is 6.92 Å². The van der Waals surface area contributed by atoms with E-state index in [1.165, 1.54) is 24.3 Å². The molecule has 1 aromatic rings. The predicted molar refractivity (Wildman–Crippen MR) is 73.2 cm³/mol. The molecule has 2 N–H and O–H groups in total. The van der Waals surface area contributed by atoms with Crippen LogP contribution in [0, 0.1) is 11.3 Å². The molecule has 0 saturated carbocycles. The molecule has 1 unspecified atom stereocenters. The second-order valence-corrected chi connectivity index (χ2v) is 6.12. The third-order valence-electron chi connectivity index (χ3n) is 2.64. The summed E-state index contributed by atoms with van der Waals surface area (Å²) in [4.78, 5) is 10.9. The molecule has 0 spiro atoms. The van der Waals surface area contributed by atoms with E-state index in [0.29, 0.717) is 17.5 Å². The maximum Gasteiger partial charge on any atom is 0.321 e. The molecule has 7 heteroatoms. The van der Waals surface area contributed by atoms with Gasteiger partial charge in [0.1, 0.15) is 6.04 Å². The second-order valence-electron chi connectivity index (χ2n) is 4.37. The minimum absolute atomic E-state index is 0.238. The van der Waals surface area contributed by atoms with E-state index in [-0.39, 0.29) is 12.2 Å². The summed E-state index contributed by atoms with van der Waals surface area (Å²) >= 11 is 0. The molecule has 0 aliphatic carbocycles. The number of rotatable bonds is 7. The van der Waals surface area contributed by atoms with Crippen LogP contribution in [0.3, 0.4) is 0 Å². The van der Waals surface area contributed by atoms with E-state index in [2.05, 4.69) is 4.72 Å². The van der Waals surface area contributed by atoms with Gasteiger partial charge < -0.3 is 5.11 Å². The zero-order valence-corrected chi connectivity index (χ0v) is 11.9. The van der Waals surface area contributed by atoms with Crippen LogP contribution in [0.4, 0.5) is 0 Å². The zero-order valence-electron chi connectivity index (χ0n) is 11.0. The maximum atomic E-state index is 11.9. The number of carboxylic acid groups (broad SMARTS) is 1. The molecule has 1 aromatic carbocycles. The predicted octanol–water partition coefficient (Wildman–Crippen LogP) is 1.23. The number of benzene rings is 1. The van der Waals surface area contributed by atoms with Crippen molar-refractivity contribution in [1.82, 2.24) is 4.72 Å². The molecule has 0 bridgehead atoms. The Morgan fingerprint density at radius 3 is 2.45 bits per heavy atom. The van der Waals surface area contributed by atoms with Gasteiger partial charge in [0, 0.05) is 0 Å². The minimum Gasteiger partial charge on any atom is -0.480 e. The Bertz CT molecular complexity index is 602. The Morgan fingerprint density at radius 1 is 1.40 bits per heavy atom. The number of carboxylic acids is 1. The van der Waals surface area contributed by atoms with Gasteiger partial charge in [-0.15, -0.1) is 0 Å². The van der Waals surface area contributed by atoms with Gasteiger partial charge in [-0.3, -0.25) is 4.79 Å². The van der Waals surface area contributed by atoms with Crippen LogP contribution in [-0.2, 0) is 20.6 Å². The molecule has 1 rings (SSSR count). The Kier molecular flexibility index (Phi) is 5.67. The Labute approximate surface area is 118 Å². The van der Waals surface area contributed by atoms with Gasteiger partial charge in [-0.1, -0.05) is 25.5 Å². The largest absolute Gasteiger partial charge is 0.480 e. The molecule has 0 fully saturated rings. The van der Waals surface area contributed by atoms with Gasteiger partial charge in [0.2, 0.25) is 10.0 Å². The minimum atomic E-state index is -3.73. The van der Waals surface area contributed by atoms with Gasteiger partial charge in [-0.2, -0.15) is 5.26 Å². The van der Waals surface area contributed by atoms with Crippen molar-refractivity contribution in [3.8, 4) is 6.07 Å². The number of nitriles is 1. The second kappa shape index (κ2) is 7.03. The number of hydrogen-bond donors (Lipinski definition) is 2. The molecule has 0 saturated heterocycles. The molecule has 0 aromatic heterocycles. The highest BCUT2D eigenvalue weighted by Crippen LogP contribution is 2.09. The zero-order chi connectivity index (χ0) is 15.2. The van der Waals surface area contributed by atoms with Crippen LogP contribution in [0.1, 0.15) is 30.9 Å². The van der Waals surface area contributed by atoms with E-state index >= 15 is 0 Å². The van der Waals surface area contributed by atoms with Crippen molar-refractivity contribution in [2.75, 3.05) is 0 Å². The molecule has 108 valence electrons. The van der Waals surface area contributed by atoms with Crippen molar-refractivity contribution in [2.24, 2.45) is 0 Å². The van der Waals surface area contributed by atoms with Crippen LogP contribution in [0.15, 0.2) is 24.3 Å². The van der Waals surface area contributed by atoms with Crippen molar-refractivity contribution in [2.45, 2.75) is 31.6 Å². The van der Waals surface area contributed by atoms with Gasteiger partial charge in [-0.05, 0) is 24.1 Å². The highest BCUT2D eigenvalue weighted by atomic mass is 32.2. The van der Waals surface area contributed by atoms with E-state index in [9.17, 15) is 13.2 Å². The number of carbonyl (C=O) groups is 1. The average molecular weight is 296 g/mol. The monoisotopic (exact) mass is 296 g/mol. The Balaban J connectivity index is 2.78. The maximum absolute atomic E-state index is 11.9. The topological polar surface area (TPSA) is 107 Å². The van der Waals surface area contributed by atoms with Crippen molar-refractivity contribution in [3.05, 3.63) is 35.4 Å². The highest BCUT2D eigenvalue weighted by molar-refractivity contribution is 7.88. The first kappa shape index (κ1) is 16.1. The van der Waals surface area contributed by atoms with Gasteiger partial charge in [-0.25, -0.2) is 13.1 Å². The van der Waals surface area contributed by atoms with Gasteiger partial charge in [0.05, 0.1) is 17.4 Å². The summed E-state index contributed by atoms with van der Waals surface area (Å²) in [5.74, 6) is -1.50. The normalized spacial score (nSPS) is 12.6. The van der Waals surface area contributed by atoms with Crippen molar-refractivity contribution >= 4 is 16.0 Å². The quantitative estimate of drug-likeness (QED) is 0.787. The summed E-state index contributed by atoms with van der Waals surface area (Å²) in [5, 5.41) is 17.6. The molecule has 0 radical (unpaired) electrons. The first-order chi connectivity index (χ1) is 9.38. The average Bonchev–Trinajstić information content (AvgIpc) is 2.38. The van der Waals surface area contributed by atoms with Crippen molar-refractivity contribution in [3.63, 3.8) is 0 Å². The van der Waals surface area contributed by atoms with E-state index in [1.807, 2.05) is 6.07 Å². The fraction of sp³-hybridized carbons (Fsp3) is 0.385. The smallest absolute Gasteiger partial charge is 0.321 e. The third kappa shape index (κ3) is 4.99. The summed E-state index contributed by atoms with van der Waals surface area (Å²) in [7, 11) is -3.73. The summed E-state index contributed by atoms with van der Waals surface area (Å²) < 4.78 is 26.0. The molecular weight excluding hydrogens is 280 g/mol. The molecule has 0 aliphatic heterocycles. The lowest BCUT2D eigenvalue weighted by Crippen LogP contribution is -2.41. The summed E-state index contributed by atoms with van der Waals surface area (Å²) in [6, 6.07) is 6.94. The highest BCUT2D eigenvalue weighted by Gasteiger charge is 2.23. The number of hydrogen-bond acceptors (Lipinski definition) is 4. The molecular formula is C13H16N2O4S. The standard InChI is InChI=1S/C13H16N2O4S/c1-2-3-12(13(16)17)15-20(18,19)9-11-6-4-10(8-14)5-7-11/h4-7,12,15H,2-3,9H2,1H3,(H,16,17). The Hall–Kier alpha value is -1.91. The number of aliphatic carboxylic acids is 1. The molecule has 20 heavy (non-hydrogen) atoms. The van der Waals surface area contributed by atoms with Crippen molar-refractivity contribution < 1.29 is 18.3 Å². The van der Waals surface area contributed by atoms with E-state index in [4.69, 9.17) is 10.4 Å². The van der Waals surface area contributed by atoms with Crippen LogP contribution in [-0.4, -0.2) is 25.5 Å². The fourth-order valence-electron chi connectivity index (χ4n) is 1.67. The summed E-state index contributed by atoms with van der Waals surface area (Å²) in [6.07, 6.45) is 0.804. The lowest BCUT2D eigenvalue weighted by Gasteiger charge is -2.13. The lowest BCUT2D eigenvalue weighted by atomic mass is 10.2. The number of sulfonamides is 1. The van der Waals surface area contributed by atoms with Gasteiger partial charge >= 0.3 is 5.97 Å². The summed E-state index contributed by atoms with van der Waals surface area (Å²) in [6.45, 7) is 1.78. The SMILES string of the molecule is CCCC(NS(=O)(=O)Cc1ccc(C#N)cc1)C(=O)O. The number of nitrogens with one attached hydrogen (secondary N) is 1. The van der Waals surface area contributed by atoms with E-state index < -0.39 is 22.0 Å². The Morgan fingerprint density at radius 2 is 2.00 bits per heavy atom. The fourth-order valence-corrected chi connectivity index (χ4v) is 3.04. The third-order valence-corrected chi connectivity index (χ3v) is 3.99. The van der Waals surface area contributed by atoms with Crippen LogP contribution in [0.5, 0.6) is 0 Å². The molecule has 0 amide bonds. The number of nitrogens with zero attached hydrogens (tertiary/aromatic N) is 1. The van der Waals surface area contributed by atoms with Crippen molar-refractivity contribution in [1.29, 1.82) is 5.26 Å². The molecule has 0 heterocycles. The van der Waals surface area contributed by atoms with Gasteiger partial charge in [0.15, 0.2) is 0 Å². The first-order valence-electron chi connectivity index (χ1n) is 6.10. The van der Waals surface area contributed by atoms with Crippen LogP contribution in [0.2, 0.25) is 0 Å². The molecule has 0 aliphatic rings. The first-order valence-corrected chi connectivity index (χ1v) is 7.75. The van der Waals surface area contributed by atoms with Crippen LogP contribution >= 0.6 is 0 Å². The molecule has 6 nitrogen and oxygen atoms in total.